The molecule has 0 spiro atoms. The number of methoxy groups -OCH3 is 1. The summed E-state index contributed by atoms with van der Waals surface area (Å²) in [6.45, 7) is 2.41. The van der Waals surface area contributed by atoms with Crippen molar-refractivity contribution in [3.05, 3.63) is 59.7 Å². The summed E-state index contributed by atoms with van der Waals surface area (Å²) in [7, 11) is -2.08. The van der Waals surface area contributed by atoms with E-state index in [1.54, 1.807) is 43.5 Å². The van der Waals surface area contributed by atoms with Crippen LogP contribution in [-0.4, -0.2) is 38.3 Å². The number of benzene rings is 2. The molecule has 6 nitrogen and oxygen atoms in total. The Morgan fingerprint density at radius 1 is 1.06 bits per heavy atom. The number of ether oxygens (including phenoxy) is 1. The van der Waals surface area contributed by atoms with Gasteiger partial charge in [0.05, 0.1) is 12.0 Å². The Kier molecular flexibility index (Phi) is 6.34. The van der Waals surface area contributed by atoms with Crippen LogP contribution in [0.15, 0.2) is 53.4 Å². The van der Waals surface area contributed by atoms with Crippen LogP contribution in [0.5, 0.6) is 5.75 Å². The number of hydrogen-bond donors (Lipinski definition) is 1. The van der Waals surface area contributed by atoms with Crippen molar-refractivity contribution in [3.8, 4) is 5.75 Å². The molecule has 2 aromatic rings. The molecule has 166 valence electrons. The van der Waals surface area contributed by atoms with Crippen LogP contribution >= 0.6 is 0 Å². The predicted molar refractivity (Wildman–Crippen MR) is 119 cm³/mol. The van der Waals surface area contributed by atoms with Crippen LogP contribution in [0.1, 0.15) is 48.5 Å². The number of fused-ring (bicyclic) bond motifs is 2. The summed E-state index contributed by atoms with van der Waals surface area (Å²) in [5, 5.41) is 3.20. The Bertz CT molecular complexity index is 1020. The number of sulfonamides is 1. The molecular formula is C24H30N2O4S. The standard InChI is InChI=1S/C24H30N2O4S/c1-3-26(31(28,29)22-12-10-21(30-2)11-13-22)16-17-4-7-19(8-5-17)24(27)25-23-15-18-6-9-20(23)14-18/h4-5,7-8,10-13,18,20,23H,3,6,9,14-16H2,1-2H3,(H,25,27)/t18-,20-,23-/m1/s1. The minimum absolute atomic E-state index is 0.0395. The van der Waals surface area contributed by atoms with Crippen molar-refractivity contribution in [3.63, 3.8) is 0 Å². The van der Waals surface area contributed by atoms with Crippen LogP contribution in [-0.2, 0) is 16.6 Å². The maximum absolute atomic E-state index is 13.0. The van der Waals surface area contributed by atoms with Crippen LogP contribution < -0.4 is 10.1 Å². The van der Waals surface area contributed by atoms with Crippen molar-refractivity contribution >= 4 is 15.9 Å². The average Bonchev–Trinajstić information content (AvgIpc) is 3.41. The first kappa shape index (κ1) is 21.8. The van der Waals surface area contributed by atoms with E-state index in [-0.39, 0.29) is 17.3 Å². The number of carbonyl (C=O) groups excluding carboxylic acids is 1. The summed E-state index contributed by atoms with van der Waals surface area (Å²) >= 11 is 0. The quantitative estimate of drug-likeness (QED) is 0.674. The minimum atomic E-state index is -3.62. The molecular weight excluding hydrogens is 412 g/mol. The fourth-order valence-electron chi connectivity index (χ4n) is 4.90. The predicted octanol–water partition coefficient (Wildman–Crippen LogP) is 3.82. The molecule has 31 heavy (non-hydrogen) atoms. The van der Waals surface area contributed by atoms with Gasteiger partial charge in [0, 0.05) is 24.7 Å². The van der Waals surface area contributed by atoms with Gasteiger partial charge in [-0.2, -0.15) is 4.31 Å². The van der Waals surface area contributed by atoms with Gasteiger partial charge in [-0.15, -0.1) is 0 Å². The first-order chi connectivity index (χ1) is 14.9. The van der Waals surface area contributed by atoms with Crippen LogP contribution in [0.3, 0.4) is 0 Å². The summed E-state index contributed by atoms with van der Waals surface area (Å²) in [5.41, 5.74) is 1.46. The van der Waals surface area contributed by atoms with Gasteiger partial charge in [-0.25, -0.2) is 8.42 Å². The van der Waals surface area contributed by atoms with Crippen molar-refractivity contribution in [2.45, 2.75) is 50.1 Å². The molecule has 2 saturated carbocycles. The smallest absolute Gasteiger partial charge is 0.251 e. The lowest BCUT2D eigenvalue weighted by molar-refractivity contribution is 0.0923. The normalized spacial score (nSPS) is 22.6. The lowest BCUT2D eigenvalue weighted by atomic mass is 9.95. The highest BCUT2D eigenvalue weighted by molar-refractivity contribution is 7.89. The van der Waals surface area contributed by atoms with Gasteiger partial charge in [-0.1, -0.05) is 25.5 Å². The third kappa shape index (κ3) is 4.62. The van der Waals surface area contributed by atoms with Crippen LogP contribution in [0.25, 0.3) is 0 Å². The van der Waals surface area contributed by atoms with E-state index in [0.29, 0.717) is 29.8 Å². The molecule has 2 bridgehead atoms. The number of rotatable bonds is 8. The Labute approximate surface area is 184 Å². The molecule has 2 aromatic carbocycles. The van der Waals surface area contributed by atoms with E-state index in [2.05, 4.69) is 5.32 Å². The van der Waals surface area contributed by atoms with Gasteiger partial charge in [0.1, 0.15) is 5.75 Å². The van der Waals surface area contributed by atoms with Crippen LogP contribution in [0.2, 0.25) is 0 Å². The average molecular weight is 443 g/mol. The summed E-state index contributed by atoms with van der Waals surface area (Å²) in [6.07, 6.45) is 4.88. The molecule has 0 heterocycles. The zero-order valence-corrected chi connectivity index (χ0v) is 18.9. The van der Waals surface area contributed by atoms with Gasteiger partial charge >= 0.3 is 0 Å². The number of carbonyl (C=O) groups is 1. The third-order valence-electron chi connectivity index (χ3n) is 6.68. The minimum Gasteiger partial charge on any atom is -0.497 e. The summed E-state index contributed by atoms with van der Waals surface area (Å²) in [6, 6.07) is 13.9. The zero-order valence-electron chi connectivity index (χ0n) is 18.1. The van der Waals surface area contributed by atoms with E-state index in [1.807, 2.05) is 19.1 Å². The van der Waals surface area contributed by atoms with Crippen molar-refractivity contribution in [1.82, 2.24) is 9.62 Å². The van der Waals surface area contributed by atoms with Gasteiger partial charge in [0.2, 0.25) is 10.0 Å². The highest BCUT2D eigenvalue weighted by atomic mass is 32.2. The molecule has 2 aliphatic rings. The van der Waals surface area contributed by atoms with Gasteiger partial charge < -0.3 is 10.1 Å². The molecule has 1 amide bonds. The monoisotopic (exact) mass is 442 g/mol. The van der Waals surface area contributed by atoms with E-state index >= 15 is 0 Å². The van der Waals surface area contributed by atoms with Gasteiger partial charge in [-0.3, -0.25) is 4.79 Å². The SMILES string of the molecule is CCN(Cc1ccc(C(=O)N[C@@H]2C[C@@H]3CC[C@@H]2C3)cc1)S(=O)(=O)c1ccc(OC)cc1. The largest absolute Gasteiger partial charge is 0.497 e. The van der Waals surface area contributed by atoms with Gasteiger partial charge in [0.25, 0.3) is 5.91 Å². The van der Waals surface area contributed by atoms with Gasteiger partial charge in [-0.05, 0) is 73.1 Å². The summed E-state index contributed by atoms with van der Waals surface area (Å²) in [4.78, 5) is 12.9. The highest BCUT2D eigenvalue weighted by Gasteiger charge is 2.40. The maximum Gasteiger partial charge on any atom is 0.251 e. The Balaban J connectivity index is 1.41. The molecule has 3 atom stereocenters. The van der Waals surface area contributed by atoms with E-state index in [9.17, 15) is 13.2 Å². The fourth-order valence-corrected chi connectivity index (χ4v) is 6.34. The van der Waals surface area contributed by atoms with Crippen LogP contribution in [0, 0.1) is 11.8 Å². The zero-order chi connectivity index (χ0) is 22.0. The maximum atomic E-state index is 13.0. The molecule has 2 aliphatic carbocycles. The summed E-state index contributed by atoms with van der Waals surface area (Å²) in [5.74, 6) is 1.99. The lowest BCUT2D eigenvalue weighted by Gasteiger charge is -2.23. The topological polar surface area (TPSA) is 75.7 Å². The van der Waals surface area contributed by atoms with E-state index in [0.717, 1.165) is 17.9 Å². The summed E-state index contributed by atoms with van der Waals surface area (Å²) < 4.78 is 32.6. The second-order valence-electron chi connectivity index (χ2n) is 8.56. The van der Waals surface area contributed by atoms with Crippen LogP contribution in [0.4, 0.5) is 0 Å². The van der Waals surface area contributed by atoms with Crippen molar-refractivity contribution in [2.75, 3.05) is 13.7 Å². The fraction of sp³-hybridized carbons (Fsp3) is 0.458. The van der Waals surface area contributed by atoms with E-state index in [4.69, 9.17) is 4.74 Å². The number of nitrogens with one attached hydrogen (secondary N) is 1. The molecule has 7 heteroatoms. The molecule has 0 aliphatic heterocycles. The highest BCUT2D eigenvalue weighted by Crippen LogP contribution is 2.44. The van der Waals surface area contributed by atoms with Crippen molar-refractivity contribution in [1.29, 1.82) is 0 Å². The lowest BCUT2D eigenvalue weighted by Crippen LogP contribution is -2.38. The molecule has 0 radical (unpaired) electrons. The van der Waals surface area contributed by atoms with Crippen molar-refractivity contribution in [2.24, 2.45) is 11.8 Å². The van der Waals surface area contributed by atoms with E-state index < -0.39 is 10.0 Å². The second kappa shape index (κ2) is 9.01. The number of nitrogens with zero attached hydrogens (tertiary/aromatic N) is 1. The number of hydrogen-bond acceptors (Lipinski definition) is 4. The van der Waals surface area contributed by atoms with Gasteiger partial charge in [0.15, 0.2) is 0 Å². The second-order valence-corrected chi connectivity index (χ2v) is 10.5. The molecule has 0 saturated heterocycles. The molecule has 2 fully saturated rings. The third-order valence-corrected chi connectivity index (χ3v) is 8.61. The molecule has 4 rings (SSSR count). The number of amides is 1. The Morgan fingerprint density at radius 3 is 2.32 bits per heavy atom. The first-order valence-electron chi connectivity index (χ1n) is 10.9. The Hall–Kier alpha value is -2.38. The molecule has 1 N–H and O–H groups in total. The molecule has 0 unspecified atom stereocenters. The van der Waals surface area contributed by atoms with E-state index in [1.165, 1.54) is 23.6 Å². The first-order valence-corrected chi connectivity index (χ1v) is 12.4. The Morgan fingerprint density at radius 2 is 1.77 bits per heavy atom. The molecule has 0 aromatic heterocycles. The van der Waals surface area contributed by atoms with Crippen molar-refractivity contribution < 1.29 is 17.9 Å².